The van der Waals surface area contributed by atoms with Gasteiger partial charge in [-0.05, 0) is 29.5 Å². The molecule has 1 N–H and O–H groups in total. The van der Waals surface area contributed by atoms with Gasteiger partial charge in [-0.25, -0.2) is 0 Å². The SMILES string of the molecule is CCc1cc2ccc(CN3CCN(C(=O)CC(F)(F)F)CC3)cc2[nH]c1=O. The van der Waals surface area contributed by atoms with Crippen LogP contribution in [0.25, 0.3) is 10.9 Å². The van der Waals surface area contributed by atoms with Crippen LogP contribution in [0.15, 0.2) is 29.1 Å². The minimum absolute atomic E-state index is 0.0843. The molecule has 1 aliphatic heterocycles. The minimum atomic E-state index is -4.46. The Morgan fingerprint density at radius 2 is 1.85 bits per heavy atom. The van der Waals surface area contributed by atoms with Crippen molar-refractivity contribution in [3.05, 3.63) is 45.7 Å². The molecule has 0 saturated carbocycles. The summed E-state index contributed by atoms with van der Waals surface area (Å²) in [4.78, 5) is 29.9. The van der Waals surface area contributed by atoms with Gasteiger partial charge in [-0.1, -0.05) is 19.1 Å². The molecular weight excluding hydrogens is 359 g/mol. The first-order valence-electron chi connectivity index (χ1n) is 8.97. The Balaban J connectivity index is 1.62. The normalized spacial score (nSPS) is 16.1. The lowest BCUT2D eigenvalue weighted by Crippen LogP contribution is -2.49. The third-order valence-corrected chi connectivity index (χ3v) is 4.85. The molecule has 2 heterocycles. The Morgan fingerprint density at radius 3 is 2.48 bits per heavy atom. The van der Waals surface area contributed by atoms with E-state index in [4.69, 9.17) is 0 Å². The number of aromatic nitrogens is 1. The maximum atomic E-state index is 12.3. The first-order chi connectivity index (χ1) is 12.7. The number of carbonyl (C=O) groups is 1. The summed E-state index contributed by atoms with van der Waals surface area (Å²) in [5, 5.41) is 0.970. The first-order valence-corrected chi connectivity index (χ1v) is 8.97. The zero-order chi connectivity index (χ0) is 19.6. The summed E-state index contributed by atoms with van der Waals surface area (Å²) >= 11 is 0. The quantitative estimate of drug-likeness (QED) is 0.886. The molecule has 1 aliphatic rings. The number of amides is 1. The number of aromatic amines is 1. The molecule has 0 bridgehead atoms. The number of fused-ring (bicyclic) bond motifs is 1. The van der Waals surface area contributed by atoms with Crippen LogP contribution >= 0.6 is 0 Å². The van der Waals surface area contributed by atoms with Crippen LogP contribution in [0.2, 0.25) is 0 Å². The van der Waals surface area contributed by atoms with Gasteiger partial charge in [0, 0.05) is 43.8 Å². The summed E-state index contributed by atoms with van der Waals surface area (Å²) in [5.41, 5.74) is 2.44. The lowest BCUT2D eigenvalue weighted by atomic mass is 10.1. The third kappa shape index (κ3) is 4.88. The van der Waals surface area contributed by atoms with Crippen molar-refractivity contribution >= 4 is 16.8 Å². The second-order valence-corrected chi connectivity index (χ2v) is 6.85. The first kappa shape index (κ1) is 19.4. The van der Waals surface area contributed by atoms with Crippen LogP contribution in [0.1, 0.15) is 24.5 Å². The van der Waals surface area contributed by atoms with E-state index in [0.29, 0.717) is 39.1 Å². The highest BCUT2D eigenvalue weighted by atomic mass is 19.4. The van der Waals surface area contributed by atoms with Crippen LogP contribution in [0.3, 0.4) is 0 Å². The molecule has 0 atom stereocenters. The maximum absolute atomic E-state index is 12.3. The van der Waals surface area contributed by atoms with Crippen molar-refractivity contribution in [1.29, 1.82) is 0 Å². The number of nitrogens with zero attached hydrogens (tertiary/aromatic N) is 2. The van der Waals surface area contributed by atoms with Gasteiger partial charge in [0.05, 0.1) is 0 Å². The number of aryl methyl sites for hydroxylation is 1. The number of nitrogens with one attached hydrogen (secondary N) is 1. The number of H-pyrrole nitrogens is 1. The molecule has 1 saturated heterocycles. The largest absolute Gasteiger partial charge is 0.397 e. The molecule has 0 unspecified atom stereocenters. The van der Waals surface area contributed by atoms with E-state index in [1.165, 1.54) is 4.90 Å². The van der Waals surface area contributed by atoms with Gasteiger partial charge in [-0.3, -0.25) is 14.5 Å². The number of rotatable bonds is 4. The predicted octanol–water partition coefficient (Wildman–Crippen LogP) is 2.69. The van der Waals surface area contributed by atoms with Gasteiger partial charge in [0.1, 0.15) is 6.42 Å². The zero-order valence-electron chi connectivity index (χ0n) is 15.1. The van der Waals surface area contributed by atoms with Crippen molar-refractivity contribution in [3.63, 3.8) is 0 Å². The van der Waals surface area contributed by atoms with Crippen molar-refractivity contribution in [3.8, 4) is 0 Å². The van der Waals surface area contributed by atoms with Gasteiger partial charge in [0.2, 0.25) is 5.91 Å². The van der Waals surface area contributed by atoms with Crippen molar-refractivity contribution < 1.29 is 18.0 Å². The number of hydrogen-bond acceptors (Lipinski definition) is 3. The molecule has 8 heteroatoms. The molecule has 1 aromatic carbocycles. The third-order valence-electron chi connectivity index (χ3n) is 4.85. The molecule has 0 spiro atoms. The standard InChI is InChI=1S/C19H22F3N3O2/c1-2-14-10-15-4-3-13(9-16(15)23-18(14)27)12-24-5-7-25(8-6-24)17(26)11-19(20,21)22/h3-4,9-10H,2,5-8,11-12H2,1H3,(H,23,27). The number of alkyl halides is 3. The van der Waals surface area contributed by atoms with Gasteiger partial charge < -0.3 is 9.88 Å². The molecule has 0 radical (unpaired) electrons. The zero-order valence-corrected chi connectivity index (χ0v) is 15.1. The topological polar surface area (TPSA) is 56.4 Å². The summed E-state index contributed by atoms with van der Waals surface area (Å²) < 4.78 is 37.0. The van der Waals surface area contributed by atoms with E-state index in [-0.39, 0.29) is 5.56 Å². The van der Waals surface area contributed by atoms with E-state index in [9.17, 15) is 22.8 Å². The Kier molecular flexibility index (Phi) is 5.55. The molecule has 1 aromatic heterocycles. The lowest BCUT2D eigenvalue weighted by Gasteiger charge is -2.35. The molecule has 3 rings (SSSR count). The summed E-state index contributed by atoms with van der Waals surface area (Å²) in [5.74, 6) is -0.864. The Hall–Kier alpha value is -2.35. The lowest BCUT2D eigenvalue weighted by molar-refractivity contribution is -0.162. The second kappa shape index (κ2) is 7.72. The van der Waals surface area contributed by atoms with Crippen molar-refractivity contribution in [1.82, 2.24) is 14.8 Å². The van der Waals surface area contributed by atoms with Gasteiger partial charge in [-0.2, -0.15) is 13.2 Å². The fourth-order valence-electron chi connectivity index (χ4n) is 3.35. The fraction of sp³-hybridized carbons (Fsp3) is 0.474. The molecule has 1 amide bonds. The second-order valence-electron chi connectivity index (χ2n) is 6.85. The number of pyridine rings is 1. The van der Waals surface area contributed by atoms with Gasteiger partial charge in [-0.15, -0.1) is 0 Å². The van der Waals surface area contributed by atoms with E-state index in [1.54, 1.807) is 0 Å². The van der Waals surface area contributed by atoms with Crippen molar-refractivity contribution in [2.24, 2.45) is 0 Å². The van der Waals surface area contributed by atoms with Crippen molar-refractivity contribution in [2.75, 3.05) is 26.2 Å². The molecule has 5 nitrogen and oxygen atoms in total. The van der Waals surface area contributed by atoms with Crippen LogP contribution < -0.4 is 5.56 Å². The Morgan fingerprint density at radius 1 is 1.15 bits per heavy atom. The minimum Gasteiger partial charge on any atom is -0.340 e. The predicted molar refractivity (Wildman–Crippen MR) is 96.5 cm³/mol. The van der Waals surface area contributed by atoms with Crippen LogP contribution in [0.4, 0.5) is 13.2 Å². The summed E-state index contributed by atoms with van der Waals surface area (Å²) in [6.45, 7) is 4.18. The number of benzene rings is 1. The molecular formula is C19H22F3N3O2. The maximum Gasteiger partial charge on any atom is 0.397 e. The molecule has 27 heavy (non-hydrogen) atoms. The van der Waals surface area contributed by atoms with Crippen LogP contribution in [-0.2, 0) is 17.8 Å². The van der Waals surface area contributed by atoms with Gasteiger partial charge in [0.15, 0.2) is 0 Å². The van der Waals surface area contributed by atoms with Gasteiger partial charge >= 0.3 is 6.18 Å². The van der Waals surface area contributed by atoms with Crippen molar-refractivity contribution in [2.45, 2.75) is 32.5 Å². The molecule has 2 aromatic rings. The highest BCUT2D eigenvalue weighted by molar-refractivity contribution is 5.79. The number of halogens is 3. The smallest absolute Gasteiger partial charge is 0.340 e. The number of carbonyl (C=O) groups excluding carboxylic acids is 1. The molecule has 1 fully saturated rings. The van der Waals surface area contributed by atoms with E-state index < -0.39 is 18.5 Å². The average molecular weight is 381 g/mol. The monoisotopic (exact) mass is 381 g/mol. The fourth-order valence-corrected chi connectivity index (χ4v) is 3.35. The van der Waals surface area contributed by atoms with Crippen LogP contribution in [0, 0.1) is 0 Å². The average Bonchev–Trinajstić information content (AvgIpc) is 2.60. The summed E-state index contributed by atoms with van der Waals surface area (Å²) in [6.07, 6.45) is -5.19. The summed E-state index contributed by atoms with van der Waals surface area (Å²) in [6, 6.07) is 7.77. The number of piperazine rings is 1. The number of hydrogen-bond donors (Lipinski definition) is 1. The van der Waals surface area contributed by atoms with Crippen LogP contribution in [0.5, 0.6) is 0 Å². The Labute approximate surface area is 154 Å². The van der Waals surface area contributed by atoms with E-state index in [1.807, 2.05) is 31.2 Å². The van der Waals surface area contributed by atoms with E-state index in [2.05, 4.69) is 9.88 Å². The van der Waals surface area contributed by atoms with Gasteiger partial charge in [0.25, 0.3) is 5.56 Å². The molecule has 146 valence electrons. The van der Waals surface area contributed by atoms with E-state index >= 15 is 0 Å². The van der Waals surface area contributed by atoms with E-state index in [0.717, 1.165) is 22.0 Å². The van der Waals surface area contributed by atoms with Crippen LogP contribution in [-0.4, -0.2) is 53.0 Å². The highest BCUT2D eigenvalue weighted by Crippen LogP contribution is 2.21. The summed E-state index contributed by atoms with van der Waals surface area (Å²) in [7, 11) is 0. The Bertz CT molecular complexity index is 884. The highest BCUT2D eigenvalue weighted by Gasteiger charge is 2.34. The molecule has 0 aliphatic carbocycles.